The van der Waals surface area contributed by atoms with Crippen molar-refractivity contribution in [2.75, 3.05) is 0 Å². The molecule has 0 fully saturated rings. The van der Waals surface area contributed by atoms with Crippen LogP contribution in [0.1, 0.15) is 10.4 Å². The Morgan fingerprint density at radius 3 is 2.50 bits per heavy atom. The summed E-state index contributed by atoms with van der Waals surface area (Å²) >= 11 is 1.11. The molecule has 0 aliphatic heterocycles. The monoisotopic (exact) mass is 254 g/mol. The van der Waals surface area contributed by atoms with Gasteiger partial charge in [-0.3, -0.25) is 0 Å². The molecule has 2 N–H and O–H groups in total. The minimum Gasteiger partial charge on any atom is -0.232 e. The van der Waals surface area contributed by atoms with Gasteiger partial charge in [0.2, 0.25) is 4.34 Å². The molecule has 0 spiro atoms. The fourth-order valence-electron chi connectivity index (χ4n) is 1.30. The second-order valence-electron chi connectivity index (χ2n) is 3.30. The molecule has 1 aromatic heterocycles. The summed E-state index contributed by atoms with van der Waals surface area (Å²) < 4.78 is 22.0. The van der Waals surface area contributed by atoms with E-state index in [1.165, 1.54) is 0 Å². The quantitative estimate of drug-likeness (QED) is 0.899. The van der Waals surface area contributed by atoms with Crippen molar-refractivity contribution in [2.45, 2.75) is 10.8 Å². The standard InChI is InChI=1S/C10H10N2O2S2/c11-16(13,14)10-12-7-9(15-10)6-8-4-2-1-3-5-8/h1-5,7H,6H2,(H2,11,13,14). The molecule has 0 aliphatic carbocycles. The smallest absolute Gasteiger partial charge is 0.232 e. The van der Waals surface area contributed by atoms with Crippen molar-refractivity contribution in [1.82, 2.24) is 4.98 Å². The van der Waals surface area contributed by atoms with Crippen LogP contribution in [0.2, 0.25) is 0 Å². The molecule has 0 saturated carbocycles. The molecule has 0 amide bonds. The zero-order valence-electron chi connectivity index (χ0n) is 8.33. The first-order valence-electron chi connectivity index (χ1n) is 4.57. The highest BCUT2D eigenvalue weighted by Gasteiger charge is 2.13. The average Bonchev–Trinajstić information content (AvgIpc) is 2.67. The van der Waals surface area contributed by atoms with Crippen molar-refractivity contribution in [1.29, 1.82) is 0 Å². The van der Waals surface area contributed by atoms with Crippen LogP contribution in [0.3, 0.4) is 0 Å². The summed E-state index contributed by atoms with van der Waals surface area (Å²) in [6, 6.07) is 9.78. The Bertz CT molecular complexity index is 576. The van der Waals surface area contributed by atoms with Gasteiger partial charge in [-0.05, 0) is 5.56 Å². The van der Waals surface area contributed by atoms with Crippen molar-refractivity contribution in [2.24, 2.45) is 5.14 Å². The summed E-state index contributed by atoms with van der Waals surface area (Å²) in [5.74, 6) is 0. The number of sulfonamides is 1. The first-order chi connectivity index (χ1) is 7.55. The predicted molar refractivity (Wildman–Crippen MR) is 62.7 cm³/mol. The lowest BCUT2D eigenvalue weighted by atomic mass is 10.1. The molecule has 6 heteroatoms. The molecule has 0 atom stereocenters. The van der Waals surface area contributed by atoms with Crippen molar-refractivity contribution in [3.05, 3.63) is 47.0 Å². The molecule has 2 aromatic rings. The molecule has 0 saturated heterocycles. The first kappa shape index (κ1) is 11.3. The van der Waals surface area contributed by atoms with Crippen LogP contribution >= 0.6 is 11.3 Å². The van der Waals surface area contributed by atoms with Crippen molar-refractivity contribution < 1.29 is 8.42 Å². The Hall–Kier alpha value is -1.24. The second-order valence-corrected chi connectivity index (χ2v) is 6.15. The topological polar surface area (TPSA) is 73.1 Å². The zero-order valence-corrected chi connectivity index (χ0v) is 9.96. The molecule has 1 heterocycles. The maximum Gasteiger partial charge on any atom is 0.265 e. The highest BCUT2D eigenvalue weighted by Crippen LogP contribution is 2.19. The third kappa shape index (κ3) is 2.66. The molecular formula is C10H10N2O2S2. The predicted octanol–water partition coefficient (Wildman–Crippen LogP) is 1.38. The molecule has 4 nitrogen and oxygen atoms in total. The summed E-state index contributed by atoms with van der Waals surface area (Å²) in [6.45, 7) is 0. The number of nitrogens with two attached hydrogens (primary N) is 1. The Kier molecular flexibility index (Phi) is 3.04. The number of hydrogen-bond donors (Lipinski definition) is 1. The van der Waals surface area contributed by atoms with Gasteiger partial charge in [0.1, 0.15) is 0 Å². The highest BCUT2D eigenvalue weighted by atomic mass is 32.2. The van der Waals surface area contributed by atoms with E-state index in [1.54, 1.807) is 6.20 Å². The molecule has 0 unspecified atom stereocenters. The Labute approximate surface area is 97.8 Å². The van der Waals surface area contributed by atoms with Crippen LogP contribution in [0.15, 0.2) is 40.9 Å². The van der Waals surface area contributed by atoms with E-state index in [1.807, 2.05) is 30.3 Å². The largest absolute Gasteiger partial charge is 0.265 e. The van der Waals surface area contributed by atoms with Crippen molar-refractivity contribution >= 4 is 21.4 Å². The Balaban J connectivity index is 2.22. The second kappa shape index (κ2) is 4.32. The van der Waals surface area contributed by atoms with E-state index < -0.39 is 10.0 Å². The molecule has 1 aromatic carbocycles. The van der Waals surface area contributed by atoms with Crippen LogP contribution in [0, 0.1) is 0 Å². The normalized spacial score (nSPS) is 11.6. The maximum atomic E-state index is 11.0. The van der Waals surface area contributed by atoms with Gasteiger partial charge in [0.15, 0.2) is 0 Å². The van der Waals surface area contributed by atoms with Gasteiger partial charge in [0, 0.05) is 17.5 Å². The van der Waals surface area contributed by atoms with E-state index in [0.29, 0.717) is 6.42 Å². The van der Waals surface area contributed by atoms with Crippen LogP contribution in [-0.2, 0) is 16.4 Å². The Morgan fingerprint density at radius 2 is 1.94 bits per heavy atom. The van der Waals surface area contributed by atoms with E-state index in [2.05, 4.69) is 4.98 Å². The third-order valence-corrected chi connectivity index (χ3v) is 4.33. The van der Waals surface area contributed by atoms with Crippen LogP contribution in [0.25, 0.3) is 0 Å². The highest BCUT2D eigenvalue weighted by molar-refractivity contribution is 7.91. The van der Waals surface area contributed by atoms with Gasteiger partial charge in [-0.1, -0.05) is 30.3 Å². The van der Waals surface area contributed by atoms with Crippen molar-refractivity contribution in [3.63, 3.8) is 0 Å². The number of rotatable bonds is 3. The van der Waals surface area contributed by atoms with Gasteiger partial charge >= 0.3 is 0 Å². The van der Waals surface area contributed by atoms with Gasteiger partial charge in [0.05, 0.1) is 0 Å². The van der Waals surface area contributed by atoms with Crippen LogP contribution in [0.4, 0.5) is 0 Å². The minimum atomic E-state index is -3.67. The molecule has 16 heavy (non-hydrogen) atoms. The first-order valence-corrected chi connectivity index (χ1v) is 6.93. The fraction of sp³-hybridized carbons (Fsp3) is 0.100. The lowest BCUT2D eigenvalue weighted by molar-refractivity contribution is 0.597. The Morgan fingerprint density at radius 1 is 1.25 bits per heavy atom. The number of primary sulfonamides is 1. The summed E-state index contributed by atoms with van der Waals surface area (Å²) in [5.41, 5.74) is 1.12. The number of nitrogens with zero attached hydrogens (tertiary/aromatic N) is 1. The van der Waals surface area contributed by atoms with E-state index >= 15 is 0 Å². The summed E-state index contributed by atoms with van der Waals surface area (Å²) in [7, 11) is -3.67. The van der Waals surface area contributed by atoms with Gasteiger partial charge in [-0.2, -0.15) is 0 Å². The van der Waals surface area contributed by atoms with Crippen molar-refractivity contribution in [3.8, 4) is 0 Å². The summed E-state index contributed by atoms with van der Waals surface area (Å²) in [6.07, 6.45) is 2.23. The SMILES string of the molecule is NS(=O)(=O)c1ncc(Cc2ccccc2)s1. The fourth-order valence-corrected chi connectivity index (χ4v) is 2.96. The van der Waals surface area contributed by atoms with Crippen LogP contribution < -0.4 is 5.14 Å². The minimum absolute atomic E-state index is 0.0292. The van der Waals surface area contributed by atoms with Crippen LogP contribution in [0.5, 0.6) is 0 Å². The lowest BCUT2D eigenvalue weighted by Crippen LogP contribution is -2.11. The number of hydrogen-bond acceptors (Lipinski definition) is 4. The van der Waals surface area contributed by atoms with E-state index in [-0.39, 0.29) is 4.34 Å². The number of aromatic nitrogens is 1. The average molecular weight is 254 g/mol. The van der Waals surface area contributed by atoms with Gasteiger partial charge in [-0.25, -0.2) is 18.5 Å². The summed E-state index contributed by atoms with van der Waals surface area (Å²) in [5, 5.41) is 4.98. The maximum absolute atomic E-state index is 11.0. The summed E-state index contributed by atoms with van der Waals surface area (Å²) in [4.78, 5) is 4.67. The van der Waals surface area contributed by atoms with Crippen LogP contribution in [-0.4, -0.2) is 13.4 Å². The molecule has 0 bridgehead atoms. The van der Waals surface area contributed by atoms with E-state index in [0.717, 1.165) is 21.8 Å². The van der Waals surface area contributed by atoms with E-state index in [9.17, 15) is 8.42 Å². The van der Waals surface area contributed by atoms with Gasteiger partial charge in [0.25, 0.3) is 10.0 Å². The van der Waals surface area contributed by atoms with Gasteiger partial charge < -0.3 is 0 Å². The zero-order chi connectivity index (χ0) is 11.6. The van der Waals surface area contributed by atoms with E-state index in [4.69, 9.17) is 5.14 Å². The molecule has 84 valence electrons. The number of benzene rings is 1. The van der Waals surface area contributed by atoms with Gasteiger partial charge in [-0.15, -0.1) is 11.3 Å². The molecule has 2 rings (SSSR count). The molecular weight excluding hydrogens is 244 g/mol. The molecule has 0 radical (unpaired) electrons. The molecule has 0 aliphatic rings. The lowest BCUT2D eigenvalue weighted by Gasteiger charge is -1.95. The third-order valence-electron chi connectivity index (χ3n) is 2.00. The number of thiazole rings is 1.